The number of benzene rings is 1. The van der Waals surface area contributed by atoms with Crippen molar-refractivity contribution in [2.24, 2.45) is 0 Å². The lowest BCUT2D eigenvalue weighted by atomic mass is 9.83. The van der Waals surface area contributed by atoms with Crippen LogP contribution in [-0.2, 0) is 14.3 Å². The van der Waals surface area contributed by atoms with Gasteiger partial charge in [-0.15, -0.1) is 0 Å². The lowest BCUT2D eigenvalue weighted by Gasteiger charge is -2.46. The minimum atomic E-state index is -1.16. The first-order valence-corrected chi connectivity index (χ1v) is 11.4. The number of esters is 1. The average Bonchev–Trinajstić information content (AvgIpc) is 2.71. The third-order valence-electron chi connectivity index (χ3n) is 5.27. The predicted molar refractivity (Wildman–Crippen MR) is 125 cm³/mol. The molecular formula is C25H39NO7. The van der Waals surface area contributed by atoms with E-state index in [0.29, 0.717) is 30.2 Å². The zero-order valence-corrected chi connectivity index (χ0v) is 21.3. The largest absolute Gasteiger partial charge is 0.493 e. The maximum atomic E-state index is 13.5. The number of amides is 1. The summed E-state index contributed by atoms with van der Waals surface area (Å²) in [6, 6.07) is 5.25. The highest BCUT2D eigenvalue weighted by Gasteiger charge is 2.51. The van der Waals surface area contributed by atoms with Crippen molar-refractivity contribution in [3.8, 4) is 17.2 Å². The molecule has 8 nitrogen and oxygen atoms in total. The van der Waals surface area contributed by atoms with Crippen LogP contribution in [0.3, 0.4) is 0 Å². The molecule has 0 spiro atoms. The molecule has 1 fully saturated rings. The Morgan fingerprint density at radius 1 is 0.939 bits per heavy atom. The van der Waals surface area contributed by atoms with E-state index in [1.807, 2.05) is 41.5 Å². The van der Waals surface area contributed by atoms with Crippen molar-refractivity contribution in [1.82, 2.24) is 4.90 Å². The van der Waals surface area contributed by atoms with E-state index in [2.05, 4.69) is 0 Å². The summed E-state index contributed by atoms with van der Waals surface area (Å²) in [4.78, 5) is 28.1. The van der Waals surface area contributed by atoms with Gasteiger partial charge in [0.05, 0.1) is 20.8 Å². The standard InChI is InChI=1S/C25H39NO7/c1-23(2,3)32-21(27)25(13-9-10-15-26(25)22(28)33-24(4,5)6)14-16-31-18-11-12-19(29-7)20(17-18)30-8/h11-12,17H,9-10,13-16H2,1-8H3. The van der Waals surface area contributed by atoms with Gasteiger partial charge in [-0.2, -0.15) is 0 Å². The van der Waals surface area contributed by atoms with E-state index in [9.17, 15) is 9.59 Å². The number of carbonyl (C=O) groups is 2. The van der Waals surface area contributed by atoms with Gasteiger partial charge in [-0.05, 0) is 72.9 Å². The Hall–Kier alpha value is -2.64. The monoisotopic (exact) mass is 465 g/mol. The SMILES string of the molecule is COc1ccc(OCCC2(C(=O)OC(C)(C)C)CCCCN2C(=O)OC(C)(C)C)cc1OC. The third-order valence-corrected chi connectivity index (χ3v) is 5.27. The molecule has 0 bridgehead atoms. The molecule has 1 aromatic rings. The molecule has 2 rings (SSSR count). The quantitative estimate of drug-likeness (QED) is 0.526. The van der Waals surface area contributed by atoms with Gasteiger partial charge < -0.3 is 23.7 Å². The fourth-order valence-corrected chi connectivity index (χ4v) is 3.81. The van der Waals surface area contributed by atoms with Gasteiger partial charge in [-0.25, -0.2) is 9.59 Å². The highest BCUT2D eigenvalue weighted by molar-refractivity contribution is 5.86. The lowest BCUT2D eigenvalue weighted by Crippen LogP contribution is -2.62. The van der Waals surface area contributed by atoms with Gasteiger partial charge in [-0.3, -0.25) is 4.90 Å². The second kappa shape index (κ2) is 10.5. The van der Waals surface area contributed by atoms with Crippen LogP contribution in [0, 0.1) is 0 Å². The molecule has 1 aliphatic heterocycles. The molecule has 1 aromatic carbocycles. The lowest BCUT2D eigenvalue weighted by molar-refractivity contribution is -0.173. The number of piperidine rings is 1. The van der Waals surface area contributed by atoms with E-state index in [4.69, 9.17) is 23.7 Å². The van der Waals surface area contributed by atoms with E-state index in [1.54, 1.807) is 32.4 Å². The molecule has 0 aromatic heterocycles. The third kappa shape index (κ3) is 7.17. The van der Waals surface area contributed by atoms with Crippen molar-refractivity contribution in [3.63, 3.8) is 0 Å². The first-order valence-electron chi connectivity index (χ1n) is 11.4. The zero-order valence-electron chi connectivity index (χ0n) is 21.3. The highest BCUT2D eigenvalue weighted by Crippen LogP contribution is 2.36. The Morgan fingerprint density at radius 3 is 2.15 bits per heavy atom. The number of hydrogen-bond donors (Lipinski definition) is 0. The average molecular weight is 466 g/mol. The number of nitrogens with zero attached hydrogens (tertiary/aromatic N) is 1. The molecule has 0 aliphatic carbocycles. The van der Waals surface area contributed by atoms with Gasteiger partial charge >= 0.3 is 12.1 Å². The Kier molecular flexibility index (Phi) is 8.49. The van der Waals surface area contributed by atoms with Crippen molar-refractivity contribution in [3.05, 3.63) is 18.2 Å². The first-order chi connectivity index (χ1) is 15.3. The molecule has 0 N–H and O–H groups in total. The molecule has 33 heavy (non-hydrogen) atoms. The molecule has 1 saturated heterocycles. The normalized spacial score (nSPS) is 19.0. The van der Waals surface area contributed by atoms with Crippen LogP contribution in [0.1, 0.15) is 67.2 Å². The number of carbonyl (C=O) groups excluding carboxylic acids is 2. The number of methoxy groups -OCH3 is 2. The van der Waals surface area contributed by atoms with Crippen LogP contribution in [0.5, 0.6) is 17.2 Å². The van der Waals surface area contributed by atoms with Crippen LogP contribution in [0.15, 0.2) is 18.2 Å². The predicted octanol–water partition coefficient (Wildman–Crippen LogP) is 4.97. The van der Waals surface area contributed by atoms with Crippen molar-refractivity contribution < 1.29 is 33.3 Å². The van der Waals surface area contributed by atoms with E-state index in [0.717, 1.165) is 12.8 Å². The van der Waals surface area contributed by atoms with Gasteiger partial charge in [0.15, 0.2) is 11.5 Å². The van der Waals surface area contributed by atoms with Gasteiger partial charge in [0.1, 0.15) is 22.5 Å². The molecular weight excluding hydrogens is 426 g/mol. The smallest absolute Gasteiger partial charge is 0.411 e. The fraction of sp³-hybridized carbons (Fsp3) is 0.680. The summed E-state index contributed by atoms with van der Waals surface area (Å²) in [7, 11) is 3.12. The van der Waals surface area contributed by atoms with E-state index in [-0.39, 0.29) is 13.0 Å². The van der Waals surface area contributed by atoms with Crippen LogP contribution in [-0.4, -0.2) is 61.1 Å². The molecule has 1 heterocycles. The van der Waals surface area contributed by atoms with Gasteiger partial charge in [-0.1, -0.05) is 0 Å². The Labute approximate surface area is 197 Å². The molecule has 1 amide bonds. The topological polar surface area (TPSA) is 83.5 Å². The number of rotatable bonds is 7. The summed E-state index contributed by atoms with van der Waals surface area (Å²) < 4.78 is 28.0. The number of hydrogen-bond acceptors (Lipinski definition) is 7. The van der Waals surface area contributed by atoms with E-state index in [1.165, 1.54) is 4.90 Å². The molecule has 1 atom stereocenters. The molecule has 8 heteroatoms. The minimum absolute atomic E-state index is 0.202. The molecule has 0 saturated carbocycles. The molecule has 1 aliphatic rings. The van der Waals surface area contributed by atoms with Crippen molar-refractivity contribution >= 4 is 12.1 Å². The highest BCUT2D eigenvalue weighted by atomic mass is 16.6. The molecule has 0 radical (unpaired) electrons. The Balaban J connectivity index is 2.29. The summed E-state index contributed by atoms with van der Waals surface area (Å²) in [6.07, 6.45) is 1.83. The summed E-state index contributed by atoms with van der Waals surface area (Å²) in [5, 5.41) is 0. The van der Waals surface area contributed by atoms with Gasteiger partial charge in [0.2, 0.25) is 0 Å². The van der Waals surface area contributed by atoms with E-state index >= 15 is 0 Å². The summed E-state index contributed by atoms with van der Waals surface area (Å²) in [6.45, 7) is 11.5. The number of ether oxygens (including phenoxy) is 5. The van der Waals surface area contributed by atoms with Crippen LogP contribution in [0.2, 0.25) is 0 Å². The Morgan fingerprint density at radius 2 is 1.58 bits per heavy atom. The minimum Gasteiger partial charge on any atom is -0.493 e. The summed E-state index contributed by atoms with van der Waals surface area (Å²) in [5.74, 6) is 1.28. The van der Waals surface area contributed by atoms with E-state index < -0.39 is 28.8 Å². The summed E-state index contributed by atoms with van der Waals surface area (Å²) >= 11 is 0. The zero-order chi connectivity index (χ0) is 24.9. The summed E-state index contributed by atoms with van der Waals surface area (Å²) in [5.41, 5.74) is -2.53. The molecule has 186 valence electrons. The second-order valence-corrected chi connectivity index (χ2v) is 10.2. The molecule has 1 unspecified atom stereocenters. The number of likely N-dealkylation sites (tertiary alicyclic amines) is 1. The van der Waals surface area contributed by atoms with Gasteiger partial charge in [0.25, 0.3) is 0 Å². The Bertz CT molecular complexity index is 825. The van der Waals surface area contributed by atoms with Crippen LogP contribution in [0.25, 0.3) is 0 Å². The van der Waals surface area contributed by atoms with Crippen molar-refractivity contribution in [2.75, 3.05) is 27.4 Å². The second-order valence-electron chi connectivity index (χ2n) is 10.2. The first kappa shape index (κ1) is 26.6. The maximum Gasteiger partial charge on any atom is 0.411 e. The van der Waals surface area contributed by atoms with Crippen LogP contribution in [0.4, 0.5) is 4.79 Å². The van der Waals surface area contributed by atoms with Crippen LogP contribution < -0.4 is 14.2 Å². The van der Waals surface area contributed by atoms with Gasteiger partial charge in [0, 0.05) is 19.0 Å². The van der Waals surface area contributed by atoms with Crippen LogP contribution >= 0.6 is 0 Å². The van der Waals surface area contributed by atoms with Crippen molar-refractivity contribution in [1.29, 1.82) is 0 Å². The fourth-order valence-electron chi connectivity index (χ4n) is 3.81. The van der Waals surface area contributed by atoms with Crippen molar-refractivity contribution in [2.45, 2.75) is 84.0 Å². The maximum absolute atomic E-state index is 13.5.